The maximum Gasteiger partial charge on any atom is 0.254 e. The number of carbonyl (C=O) groups excluding carboxylic acids is 1. The lowest BCUT2D eigenvalue weighted by atomic mass is 9.74. The van der Waals surface area contributed by atoms with E-state index in [9.17, 15) is 4.79 Å². The minimum absolute atomic E-state index is 0.109. The summed E-state index contributed by atoms with van der Waals surface area (Å²) in [5.74, 6) is 0.751. The zero-order chi connectivity index (χ0) is 22.6. The van der Waals surface area contributed by atoms with E-state index >= 15 is 0 Å². The fourth-order valence-electron chi connectivity index (χ4n) is 4.22. The lowest BCUT2D eigenvalue weighted by molar-refractivity contribution is 0.0487. The molecule has 1 saturated heterocycles. The number of benzene rings is 2. The highest BCUT2D eigenvalue weighted by atomic mass is 79.9. The van der Waals surface area contributed by atoms with Crippen molar-refractivity contribution in [3.05, 3.63) is 76.0 Å². The summed E-state index contributed by atoms with van der Waals surface area (Å²) in [4.78, 5) is 13.1. The van der Waals surface area contributed by atoms with Crippen LogP contribution in [0, 0.1) is 6.92 Å². The number of carbonyl (C=O) groups is 1. The van der Waals surface area contributed by atoms with E-state index in [0.29, 0.717) is 31.9 Å². The number of amides is 1. The molecule has 0 spiro atoms. The molecular formula is C25H28BrN3O3. The van der Waals surface area contributed by atoms with Crippen LogP contribution >= 0.6 is 15.9 Å². The molecule has 1 aromatic heterocycles. The van der Waals surface area contributed by atoms with Gasteiger partial charge in [-0.3, -0.25) is 4.79 Å². The summed E-state index contributed by atoms with van der Waals surface area (Å²) < 4.78 is 14.0. The fraction of sp³-hybridized carbons (Fsp3) is 0.360. The van der Waals surface area contributed by atoms with Gasteiger partial charge in [-0.25, -0.2) is 4.68 Å². The molecule has 1 aliphatic rings. The van der Waals surface area contributed by atoms with E-state index in [-0.39, 0.29) is 11.3 Å². The number of hydrogen-bond acceptors (Lipinski definition) is 4. The molecule has 168 valence electrons. The van der Waals surface area contributed by atoms with Crippen molar-refractivity contribution in [2.24, 2.45) is 0 Å². The molecule has 0 unspecified atom stereocenters. The van der Waals surface area contributed by atoms with Gasteiger partial charge in [-0.2, -0.15) is 5.10 Å². The van der Waals surface area contributed by atoms with E-state index in [4.69, 9.17) is 9.47 Å². The zero-order valence-corrected chi connectivity index (χ0v) is 20.0. The average molecular weight is 498 g/mol. The van der Waals surface area contributed by atoms with Crippen molar-refractivity contribution in [3.63, 3.8) is 0 Å². The topological polar surface area (TPSA) is 65.4 Å². The minimum atomic E-state index is -0.158. The summed E-state index contributed by atoms with van der Waals surface area (Å²) in [6, 6.07) is 16.1. The van der Waals surface area contributed by atoms with Gasteiger partial charge in [0, 0.05) is 29.6 Å². The average Bonchev–Trinajstić information content (AvgIpc) is 3.20. The number of nitrogens with zero attached hydrogens (tertiary/aromatic N) is 2. The molecule has 2 aromatic carbocycles. The lowest BCUT2D eigenvalue weighted by Gasteiger charge is -2.38. The van der Waals surface area contributed by atoms with Crippen molar-refractivity contribution in [2.45, 2.75) is 32.1 Å². The molecule has 0 aliphatic carbocycles. The Labute approximate surface area is 197 Å². The maximum absolute atomic E-state index is 13.1. The van der Waals surface area contributed by atoms with Gasteiger partial charge in [0.05, 0.1) is 29.7 Å². The molecule has 0 atom stereocenters. The Kier molecular flexibility index (Phi) is 6.96. The Morgan fingerprint density at radius 1 is 1.16 bits per heavy atom. The van der Waals surface area contributed by atoms with Crippen LogP contribution in [0.4, 0.5) is 0 Å². The fourth-order valence-corrected chi connectivity index (χ4v) is 4.49. The molecule has 1 N–H and O–H groups in total. The number of rotatable bonds is 7. The van der Waals surface area contributed by atoms with E-state index in [1.165, 1.54) is 5.56 Å². The Bertz CT molecular complexity index is 1060. The third kappa shape index (κ3) is 4.74. The molecular weight excluding hydrogens is 470 g/mol. The van der Waals surface area contributed by atoms with E-state index in [0.717, 1.165) is 34.4 Å². The summed E-state index contributed by atoms with van der Waals surface area (Å²) in [5.41, 5.74) is 3.36. The van der Waals surface area contributed by atoms with Crippen molar-refractivity contribution in [1.29, 1.82) is 0 Å². The first-order valence-electron chi connectivity index (χ1n) is 10.9. The predicted octanol–water partition coefficient (Wildman–Crippen LogP) is 4.82. The summed E-state index contributed by atoms with van der Waals surface area (Å²) in [7, 11) is 0. The van der Waals surface area contributed by atoms with Crippen LogP contribution in [0.25, 0.3) is 5.69 Å². The Hall–Kier alpha value is -2.64. The van der Waals surface area contributed by atoms with Crippen LogP contribution in [0.3, 0.4) is 0 Å². The number of ether oxygens (including phenoxy) is 2. The molecule has 1 aliphatic heterocycles. The van der Waals surface area contributed by atoms with Crippen LogP contribution in [0.5, 0.6) is 5.75 Å². The number of halogens is 1. The molecule has 1 amide bonds. The van der Waals surface area contributed by atoms with Crippen molar-refractivity contribution in [3.8, 4) is 11.4 Å². The SMILES string of the molecule is CCOc1ccc(C2(CNC(=O)c3cnn(-c4ccc(Br)cc4)c3C)CCOCC2)cc1. The van der Waals surface area contributed by atoms with E-state index in [2.05, 4.69) is 38.5 Å². The van der Waals surface area contributed by atoms with Crippen molar-refractivity contribution >= 4 is 21.8 Å². The Balaban J connectivity index is 1.51. The van der Waals surface area contributed by atoms with Gasteiger partial charge in [-0.15, -0.1) is 0 Å². The van der Waals surface area contributed by atoms with Gasteiger partial charge in [0.1, 0.15) is 5.75 Å². The van der Waals surface area contributed by atoms with Crippen molar-refractivity contribution in [2.75, 3.05) is 26.4 Å². The van der Waals surface area contributed by atoms with Gasteiger partial charge >= 0.3 is 0 Å². The first-order chi connectivity index (χ1) is 15.5. The molecule has 3 aromatic rings. The summed E-state index contributed by atoms with van der Waals surface area (Å²) in [6.07, 6.45) is 3.36. The largest absolute Gasteiger partial charge is 0.494 e. The lowest BCUT2D eigenvalue weighted by Crippen LogP contribution is -2.44. The monoisotopic (exact) mass is 497 g/mol. The Morgan fingerprint density at radius 3 is 2.50 bits per heavy atom. The smallest absolute Gasteiger partial charge is 0.254 e. The normalized spacial score (nSPS) is 15.3. The number of aromatic nitrogens is 2. The highest BCUT2D eigenvalue weighted by molar-refractivity contribution is 9.10. The third-order valence-corrected chi connectivity index (χ3v) is 6.67. The predicted molar refractivity (Wildman–Crippen MR) is 128 cm³/mol. The molecule has 6 nitrogen and oxygen atoms in total. The molecule has 0 bridgehead atoms. The van der Waals surface area contributed by atoms with Crippen molar-refractivity contribution in [1.82, 2.24) is 15.1 Å². The van der Waals surface area contributed by atoms with Crippen LogP contribution in [0.2, 0.25) is 0 Å². The van der Waals surface area contributed by atoms with Gasteiger partial charge in [-0.1, -0.05) is 28.1 Å². The van der Waals surface area contributed by atoms with Gasteiger partial charge in [-0.05, 0) is 68.7 Å². The highest BCUT2D eigenvalue weighted by Gasteiger charge is 2.35. The Morgan fingerprint density at radius 2 is 1.84 bits per heavy atom. The quantitative estimate of drug-likeness (QED) is 0.508. The standard InChI is InChI=1S/C25H28BrN3O3/c1-3-32-22-10-4-19(5-11-22)25(12-14-31-15-13-25)17-27-24(30)23-16-28-29(18(23)2)21-8-6-20(26)7-9-21/h4-11,16H,3,12-15,17H2,1-2H3,(H,27,30). The molecule has 0 radical (unpaired) electrons. The van der Waals surface area contributed by atoms with E-state index in [1.807, 2.05) is 50.2 Å². The first kappa shape index (κ1) is 22.6. The third-order valence-electron chi connectivity index (χ3n) is 6.14. The number of nitrogens with one attached hydrogen (secondary N) is 1. The second-order valence-corrected chi connectivity index (χ2v) is 8.98. The summed E-state index contributed by atoms with van der Waals surface area (Å²) >= 11 is 3.45. The molecule has 7 heteroatoms. The first-order valence-corrected chi connectivity index (χ1v) is 11.7. The number of hydrogen-bond donors (Lipinski definition) is 1. The van der Waals surface area contributed by atoms with E-state index in [1.54, 1.807) is 10.9 Å². The van der Waals surface area contributed by atoms with Crippen LogP contribution in [0.1, 0.15) is 41.4 Å². The minimum Gasteiger partial charge on any atom is -0.494 e. The second-order valence-electron chi connectivity index (χ2n) is 8.06. The maximum atomic E-state index is 13.1. The molecule has 0 saturated carbocycles. The van der Waals surface area contributed by atoms with Gasteiger partial charge in [0.25, 0.3) is 5.91 Å². The van der Waals surface area contributed by atoms with Crippen LogP contribution in [0.15, 0.2) is 59.2 Å². The van der Waals surface area contributed by atoms with Crippen LogP contribution < -0.4 is 10.1 Å². The van der Waals surface area contributed by atoms with Gasteiger partial charge < -0.3 is 14.8 Å². The molecule has 1 fully saturated rings. The van der Waals surface area contributed by atoms with E-state index < -0.39 is 0 Å². The highest BCUT2D eigenvalue weighted by Crippen LogP contribution is 2.35. The zero-order valence-electron chi connectivity index (χ0n) is 18.4. The van der Waals surface area contributed by atoms with Gasteiger partial charge in [0.2, 0.25) is 0 Å². The van der Waals surface area contributed by atoms with Crippen molar-refractivity contribution < 1.29 is 14.3 Å². The van der Waals surface area contributed by atoms with Gasteiger partial charge in [0.15, 0.2) is 0 Å². The molecule has 2 heterocycles. The summed E-state index contributed by atoms with van der Waals surface area (Å²) in [6.45, 7) is 6.45. The molecule has 32 heavy (non-hydrogen) atoms. The molecule has 4 rings (SSSR count). The second kappa shape index (κ2) is 9.88. The van der Waals surface area contributed by atoms with Crippen LogP contribution in [-0.4, -0.2) is 42.1 Å². The summed E-state index contributed by atoms with van der Waals surface area (Å²) in [5, 5.41) is 7.62. The van der Waals surface area contributed by atoms with Crippen LogP contribution in [-0.2, 0) is 10.2 Å².